The van der Waals surface area contributed by atoms with Gasteiger partial charge in [0.25, 0.3) is 6.47 Å². The Balaban J connectivity index is 0.000000663. The molecule has 0 radical (unpaired) electrons. The van der Waals surface area contributed by atoms with Gasteiger partial charge < -0.3 is 10.1 Å². The van der Waals surface area contributed by atoms with Crippen molar-refractivity contribution in [2.75, 3.05) is 0 Å². The van der Waals surface area contributed by atoms with Gasteiger partial charge in [0.1, 0.15) is 5.82 Å². The molecule has 0 saturated carbocycles. The molecule has 0 saturated heterocycles. The standard InChI is InChI=1S/C16H18N2.C5H8.CH2O2/c1-3-5-13-7-9-14(10-8-13)11-16-17-12-15(18-16)6-4-2;1-3-5-4-2;2-1-3/h3-10,12H,11H2,1-2H3,(H,17,18);3-5H,1H2,2H3;1H,(H,2,3)/b5-3+,6-4+;5-4-;. The molecule has 1 aromatic heterocycles. The molecule has 0 aliphatic rings. The summed E-state index contributed by atoms with van der Waals surface area (Å²) in [5.41, 5.74) is 3.55. The lowest BCUT2D eigenvalue weighted by atomic mass is 10.1. The Morgan fingerprint density at radius 1 is 1.08 bits per heavy atom. The van der Waals surface area contributed by atoms with Gasteiger partial charge in [0, 0.05) is 6.42 Å². The van der Waals surface area contributed by atoms with E-state index < -0.39 is 0 Å². The molecule has 0 aliphatic carbocycles. The van der Waals surface area contributed by atoms with Crippen molar-refractivity contribution in [2.24, 2.45) is 0 Å². The molecule has 2 aromatic rings. The number of allylic oxidation sites excluding steroid dienone is 5. The second kappa shape index (κ2) is 15.4. The quantitative estimate of drug-likeness (QED) is 0.550. The molecule has 0 amide bonds. The average Bonchev–Trinajstić information content (AvgIpc) is 3.06. The van der Waals surface area contributed by atoms with Gasteiger partial charge in [-0.15, -0.1) is 0 Å². The molecule has 4 nitrogen and oxygen atoms in total. The first kappa shape index (κ1) is 22.9. The zero-order valence-corrected chi connectivity index (χ0v) is 15.7. The number of aromatic amines is 1. The average molecular weight is 352 g/mol. The van der Waals surface area contributed by atoms with Gasteiger partial charge >= 0.3 is 0 Å². The first-order valence-electron chi connectivity index (χ1n) is 8.34. The number of rotatable bonds is 5. The van der Waals surface area contributed by atoms with Crippen molar-refractivity contribution in [3.63, 3.8) is 0 Å². The highest BCUT2D eigenvalue weighted by Crippen LogP contribution is 2.10. The minimum Gasteiger partial charge on any atom is -0.483 e. The first-order valence-corrected chi connectivity index (χ1v) is 8.34. The van der Waals surface area contributed by atoms with E-state index in [1.807, 2.05) is 57.3 Å². The van der Waals surface area contributed by atoms with E-state index in [0.717, 1.165) is 17.9 Å². The van der Waals surface area contributed by atoms with Gasteiger partial charge in [-0.2, -0.15) is 0 Å². The van der Waals surface area contributed by atoms with Crippen molar-refractivity contribution in [1.29, 1.82) is 0 Å². The minimum absolute atomic E-state index is 0.250. The number of hydrogen-bond donors (Lipinski definition) is 2. The summed E-state index contributed by atoms with van der Waals surface area (Å²) in [5, 5.41) is 6.89. The number of aromatic nitrogens is 2. The van der Waals surface area contributed by atoms with Crippen LogP contribution in [0.5, 0.6) is 0 Å². The molecule has 0 spiro atoms. The summed E-state index contributed by atoms with van der Waals surface area (Å²) in [6, 6.07) is 8.55. The highest BCUT2D eigenvalue weighted by molar-refractivity contribution is 5.49. The van der Waals surface area contributed by atoms with E-state index in [1.54, 1.807) is 6.08 Å². The van der Waals surface area contributed by atoms with Crippen LogP contribution in [0.1, 0.15) is 43.4 Å². The summed E-state index contributed by atoms with van der Waals surface area (Å²) < 4.78 is 0. The fraction of sp³-hybridized carbons (Fsp3) is 0.182. The molecule has 0 atom stereocenters. The van der Waals surface area contributed by atoms with Crippen LogP contribution >= 0.6 is 0 Å². The summed E-state index contributed by atoms with van der Waals surface area (Å²) in [7, 11) is 0. The minimum atomic E-state index is -0.250. The summed E-state index contributed by atoms with van der Waals surface area (Å²) >= 11 is 0. The molecule has 1 heterocycles. The van der Waals surface area contributed by atoms with E-state index in [0.29, 0.717) is 0 Å². The van der Waals surface area contributed by atoms with E-state index in [1.165, 1.54) is 11.1 Å². The fourth-order valence-electron chi connectivity index (χ4n) is 2.00. The van der Waals surface area contributed by atoms with Gasteiger partial charge in [-0.05, 0) is 38.0 Å². The van der Waals surface area contributed by atoms with Crippen molar-refractivity contribution < 1.29 is 9.90 Å². The predicted octanol–water partition coefficient (Wildman–Crippen LogP) is 5.52. The molecule has 4 heteroatoms. The first-order chi connectivity index (χ1) is 12.6. The lowest BCUT2D eigenvalue weighted by Crippen LogP contribution is -1.90. The Hall–Kier alpha value is -3.14. The normalized spacial score (nSPS) is 10.3. The number of carbonyl (C=O) groups is 1. The third kappa shape index (κ3) is 10.6. The van der Waals surface area contributed by atoms with Crippen molar-refractivity contribution in [3.8, 4) is 0 Å². The van der Waals surface area contributed by atoms with Gasteiger partial charge in [-0.1, -0.05) is 67.3 Å². The summed E-state index contributed by atoms with van der Waals surface area (Å²) in [4.78, 5) is 16.0. The Morgan fingerprint density at radius 3 is 2.15 bits per heavy atom. The van der Waals surface area contributed by atoms with Crippen LogP contribution < -0.4 is 0 Å². The Morgan fingerprint density at radius 2 is 1.69 bits per heavy atom. The van der Waals surface area contributed by atoms with E-state index >= 15 is 0 Å². The molecule has 26 heavy (non-hydrogen) atoms. The molecular formula is C22H28N2O2. The lowest BCUT2D eigenvalue weighted by Gasteiger charge is -1.99. The molecule has 0 fully saturated rings. The van der Waals surface area contributed by atoms with Crippen LogP contribution in [-0.4, -0.2) is 21.5 Å². The second-order valence-corrected chi connectivity index (χ2v) is 5.07. The van der Waals surface area contributed by atoms with Gasteiger partial charge in [0.05, 0.1) is 11.9 Å². The fourth-order valence-corrected chi connectivity index (χ4v) is 2.00. The number of nitrogens with zero attached hydrogens (tertiary/aromatic N) is 1. The maximum absolute atomic E-state index is 8.36. The number of carboxylic acid groups (broad SMARTS) is 1. The van der Waals surface area contributed by atoms with Crippen molar-refractivity contribution in [3.05, 3.63) is 90.1 Å². The SMILES string of the molecule is C/C=C/c1ccc(Cc2ncc(/C=C/C)[nH]2)cc1.C=C/C=C\C.O=CO. The zero-order chi connectivity index (χ0) is 19.6. The molecule has 0 aliphatic heterocycles. The predicted molar refractivity (Wildman–Crippen MR) is 111 cm³/mol. The van der Waals surface area contributed by atoms with Gasteiger partial charge in [-0.3, -0.25) is 4.79 Å². The van der Waals surface area contributed by atoms with Crippen LogP contribution in [0.2, 0.25) is 0 Å². The van der Waals surface area contributed by atoms with Crippen LogP contribution in [0.15, 0.2) is 67.4 Å². The van der Waals surface area contributed by atoms with Crippen LogP contribution in [0.3, 0.4) is 0 Å². The monoisotopic (exact) mass is 352 g/mol. The van der Waals surface area contributed by atoms with Crippen molar-refractivity contribution in [1.82, 2.24) is 9.97 Å². The van der Waals surface area contributed by atoms with Crippen LogP contribution in [-0.2, 0) is 11.2 Å². The Labute approximate surface area is 156 Å². The highest BCUT2D eigenvalue weighted by Gasteiger charge is 2.00. The smallest absolute Gasteiger partial charge is 0.290 e. The maximum Gasteiger partial charge on any atom is 0.290 e. The molecule has 2 N–H and O–H groups in total. The zero-order valence-electron chi connectivity index (χ0n) is 15.7. The van der Waals surface area contributed by atoms with Gasteiger partial charge in [0.2, 0.25) is 0 Å². The molecular weight excluding hydrogens is 324 g/mol. The van der Waals surface area contributed by atoms with Crippen LogP contribution in [0, 0.1) is 0 Å². The third-order valence-corrected chi connectivity index (χ3v) is 3.03. The molecule has 0 bridgehead atoms. The number of hydrogen-bond acceptors (Lipinski definition) is 2. The summed E-state index contributed by atoms with van der Waals surface area (Å²) in [5.74, 6) is 1.00. The number of imidazole rings is 1. The topological polar surface area (TPSA) is 66.0 Å². The maximum atomic E-state index is 8.36. The van der Waals surface area contributed by atoms with Crippen molar-refractivity contribution in [2.45, 2.75) is 27.2 Å². The molecule has 2 rings (SSSR count). The Kier molecular flexibility index (Phi) is 13.5. The number of H-pyrrole nitrogens is 1. The van der Waals surface area contributed by atoms with E-state index in [4.69, 9.17) is 9.90 Å². The summed E-state index contributed by atoms with van der Waals surface area (Å²) in [6.07, 6.45) is 16.4. The number of nitrogens with one attached hydrogen (secondary N) is 1. The highest BCUT2D eigenvalue weighted by atomic mass is 16.3. The van der Waals surface area contributed by atoms with Crippen LogP contribution in [0.25, 0.3) is 12.2 Å². The Bertz CT molecular complexity index is 708. The number of benzene rings is 1. The molecule has 1 aromatic carbocycles. The molecule has 138 valence electrons. The largest absolute Gasteiger partial charge is 0.483 e. The van der Waals surface area contributed by atoms with E-state index in [2.05, 4.69) is 46.9 Å². The second-order valence-electron chi connectivity index (χ2n) is 5.07. The third-order valence-electron chi connectivity index (χ3n) is 3.03. The van der Waals surface area contributed by atoms with Crippen molar-refractivity contribution >= 4 is 18.6 Å². The molecule has 0 unspecified atom stereocenters. The van der Waals surface area contributed by atoms with E-state index in [9.17, 15) is 0 Å². The van der Waals surface area contributed by atoms with Crippen LogP contribution in [0.4, 0.5) is 0 Å². The van der Waals surface area contributed by atoms with Gasteiger partial charge in [-0.25, -0.2) is 4.98 Å². The summed E-state index contributed by atoms with van der Waals surface area (Å²) in [6.45, 7) is 9.20. The lowest BCUT2D eigenvalue weighted by molar-refractivity contribution is -0.122. The van der Waals surface area contributed by atoms with E-state index in [-0.39, 0.29) is 6.47 Å². The van der Waals surface area contributed by atoms with Gasteiger partial charge in [0.15, 0.2) is 0 Å².